The van der Waals surface area contributed by atoms with Gasteiger partial charge in [0, 0.05) is 85.4 Å². The summed E-state index contributed by atoms with van der Waals surface area (Å²) in [5, 5.41) is 7.87. The van der Waals surface area contributed by atoms with Gasteiger partial charge in [-0.1, -0.05) is 109 Å². The zero-order valence-corrected chi connectivity index (χ0v) is 41.0. The molecule has 12 aromatic rings. The third-order valence-corrected chi connectivity index (χ3v) is 18.5. The Balaban J connectivity index is 1.08. The molecule has 0 saturated heterocycles. The normalized spacial score (nSPS) is 15.9. The van der Waals surface area contributed by atoms with Gasteiger partial charge in [-0.05, 0) is 135 Å². The summed E-state index contributed by atoms with van der Waals surface area (Å²) in [6.45, 7) is 16.6. The van der Waals surface area contributed by atoms with Crippen molar-refractivity contribution in [2.24, 2.45) is 0 Å². The van der Waals surface area contributed by atoms with E-state index < -0.39 is 0 Å². The van der Waals surface area contributed by atoms with E-state index in [1.165, 1.54) is 125 Å². The molecule has 4 nitrogen and oxygen atoms in total. The summed E-state index contributed by atoms with van der Waals surface area (Å²) in [4.78, 5) is 7.91. The molecule has 0 saturated carbocycles. The quantitative estimate of drug-likeness (QED) is 0.162. The van der Waals surface area contributed by atoms with Crippen LogP contribution in [0.4, 0.5) is 11.4 Å². The minimum absolute atomic E-state index is 0.0207. The average Bonchev–Trinajstić information content (AvgIpc) is 4.10. The summed E-state index contributed by atoms with van der Waals surface area (Å²) in [6.07, 6.45) is 2.40. The lowest BCUT2D eigenvalue weighted by atomic mass is 9.44. The zero-order chi connectivity index (χ0) is 45.7. The van der Waals surface area contributed by atoms with Gasteiger partial charge in [0.25, 0.3) is 0 Å². The summed E-state index contributed by atoms with van der Waals surface area (Å²) in [7, 11) is 0. The number of oxazole rings is 1. The molecule has 6 heterocycles. The Kier molecular flexibility index (Phi) is 7.58. The molecule has 0 radical (unpaired) electrons. The first-order valence-corrected chi connectivity index (χ1v) is 25.8. The summed E-state index contributed by atoms with van der Waals surface area (Å²) in [6, 6.07) is 53.2. The van der Waals surface area contributed by atoms with Crippen molar-refractivity contribution >= 4 is 125 Å². The Bertz CT molecular complexity index is 4200. The van der Waals surface area contributed by atoms with Gasteiger partial charge in [0.2, 0.25) is 5.89 Å². The molecule has 0 N–H and O–H groups in total. The zero-order valence-electron chi connectivity index (χ0n) is 39.3. The highest BCUT2D eigenvalue weighted by Crippen LogP contribution is 2.53. The minimum Gasteiger partial charge on any atom is -0.436 e. The van der Waals surface area contributed by atoms with Crippen LogP contribution in [0.3, 0.4) is 0 Å². The van der Waals surface area contributed by atoms with Crippen LogP contribution in [0.25, 0.3) is 102 Å². The molecule has 68 heavy (non-hydrogen) atoms. The molecule has 4 aromatic heterocycles. The first-order valence-electron chi connectivity index (χ1n) is 24.2. The summed E-state index contributed by atoms with van der Waals surface area (Å²) in [5.74, 6) is 0.638. The van der Waals surface area contributed by atoms with Crippen molar-refractivity contribution in [2.45, 2.75) is 77.6 Å². The number of benzene rings is 8. The first-order chi connectivity index (χ1) is 32.8. The van der Waals surface area contributed by atoms with Crippen LogP contribution in [0, 0.1) is 0 Å². The van der Waals surface area contributed by atoms with Crippen LogP contribution in [0.5, 0.6) is 0 Å². The first kappa shape index (κ1) is 39.3. The van der Waals surface area contributed by atoms with Crippen molar-refractivity contribution in [2.75, 3.05) is 4.81 Å². The van der Waals surface area contributed by atoms with E-state index in [1.807, 2.05) is 28.7 Å². The Morgan fingerprint density at radius 3 is 2.07 bits per heavy atom. The van der Waals surface area contributed by atoms with Crippen LogP contribution < -0.4 is 15.7 Å². The SMILES string of the molecule is CC(C)(C)c1ccc(N2B3c4cc5nc(-c6ccccc6)oc5cc4-n4c5cc6c(cc5c5ccc(c3c54)-c3cc4sc5cc7c(cc5c4cc32)C(C)(C)CCC7(C)C)sc2ccccc26)cc1. The molecule has 0 unspecified atom stereocenters. The second kappa shape index (κ2) is 13.1. The van der Waals surface area contributed by atoms with Gasteiger partial charge in [-0.3, -0.25) is 0 Å². The van der Waals surface area contributed by atoms with Crippen molar-refractivity contribution in [3.8, 4) is 28.3 Å². The van der Waals surface area contributed by atoms with Gasteiger partial charge < -0.3 is 13.8 Å². The fraction of sp³-hybridized carbons (Fsp3) is 0.197. The van der Waals surface area contributed by atoms with E-state index in [-0.39, 0.29) is 23.1 Å². The number of thiophene rings is 2. The number of hydrogen-bond acceptors (Lipinski definition) is 5. The fourth-order valence-corrected chi connectivity index (χ4v) is 14.7. The van der Waals surface area contributed by atoms with Crippen LogP contribution in [0.2, 0.25) is 0 Å². The maximum Gasteiger partial charge on any atom is 0.333 e. The molecule has 0 amide bonds. The third kappa shape index (κ3) is 5.24. The van der Waals surface area contributed by atoms with E-state index >= 15 is 0 Å². The molecule has 328 valence electrons. The lowest BCUT2D eigenvalue weighted by molar-refractivity contribution is 0.332. The average molecular weight is 914 g/mol. The highest BCUT2D eigenvalue weighted by atomic mass is 32.1. The largest absolute Gasteiger partial charge is 0.436 e. The molecule has 3 aliphatic rings. The molecule has 0 fully saturated rings. The molecular formula is C61H48BN3OS2. The van der Waals surface area contributed by atoms with Crippen LogP contribution in [-0.4, -0.2) is 16.4 Å². The molecule has 0 spiro atoms. The summed E-state index contributed by atoms with van der Waals surface area (Å²) < 4.78 is 14.7. The smallest absolute Gasteiger partial charge is 0.333 e. The molecule has 1 aliphatic carbocycles. The predicted octanol–water partition coefficient (Wildman–Crippen LogP) is 16.2. The van der Waals surface area contributed by atoms with E-state index in [1.54, 1.807) is 0 Å². The van der Waals surface area contributed by atoms with E-state index in [0.717, 1.165) is 22.4 Å². The van der Waals surface area contributed by atoms with Crippen molar-refractivity contribution in [1.29, 1.82) is 0 Å². The minimum atomic E-state index is -0.147. The number of aromatic nitrogens is 2. The predicted molar refractivity (Wildman–Crippen MR) is 293 cm³/mol. The van der Waals surface area contributed by atoms with Gasteiger partial charge in [-0.25, -0.2) is 4.98 Å². The van der Waals surface area contributed by atoms with E-state index in [4.69, 9.17) is 9.40 Å². The number of hydrogen-bond donors (Lipinski definition) is 0. The fourth-order valence-electron chi connectivity index (χ4n) is 12.5. The van der Waals surface area contributed by atoms with Crippen LogP contribution in [-0.2, 0) is 16.2 Å². The molecule has 15 rings (SSSR count). The van der Waals surface area contributed by atoms with Gasteiger partial charge >= 0.3 is 6.85 Å². The van der Waals surface area contributed by atoms with Crippen LogP contribution >= 0.6 is 22.7 Å². The van der Waals surface area contributed by atoms with Crippen molar-refractivity contribution in [1.82, 2.24) is 9.55 Å². The molecule has 7 heteroatoms. The Morgan fingerprint density at radius 2 is 1.28 bits per heavy atom. The van der Waals surface area contributed by atoms with Gasteiger partial charge in [0.05, 0.1) is 11.0 Å². The highest BCUT2D eigenvalue weighted by Gasteiger charge is 2.45. The molecule has 0 atom stereocenters. The lowest BCUT2D eigenvalue weighted by Crippen LogP contribution is -2.60. The van der Waals surface area contributed by atoms with E-state index in [9.17, 15) is 0 Å². The van der Waals surface area contributed by atoms with Gasteiger partial charge in [0.15, 0.2) is 5.58 Å². The number of rotatable bonds is 2. The Morgan fingerprint density at radius 1 is 0.588 bits per heavy atom. The van der Waals surface area contributed by atoms with Crippen molar-refractivity contribution in [3.63, 3.8) is 0 Å². The molecule has 8 aromatic carbocycles. The number of fused-ring (bicyclic) bond motifs is 16. The lowest BCUT2D eigenvalue weighted by Gasteiger charge is -2.42. The standard InChI is InChI=1S/C61H48BN3OS2/c1-59(2,3)34-17-19-35(20-18-34)65-49-27-43-41-25-44-45(61(6,7)24-23-60(44,4)5)30-55(41)68-54(43)28-39(49)37-21-22-38-40-29-53-42(36-15-11-12-16-52(36)67-53)26-48(40)64-50-32-51-47(31-46(50)62(65)56(37)57(38)64)63-58(66-51)33-13-9-8-10-14-33/h8-22,25-32H,23-24H2,1-7H3. The van der Waals surface area contributed by atoms with Gasteiger partial charge in [-0.15, -0.1) is 22.7 Å². The van der Waals surface area contributed by atoms with Gasteiger partial charge in [0.1, 0.15) is 5.52 Å². The van der Waals surface area contributed by atoms with E-state index in [2.05, 4.69) is 191 Å². The van der Waals surface area contributed by atoms with Crippen LogP contribution in [0.1, 0.15) is 78.0 Å². The van der Waals surface area contributed by atoms with Gasteiger partial charge in [-0.2, -0.15) is 0 Å². The summed E-state index contributed by atoms with van der Waals surface area (Å²) >= 11 is 3.85. The molecule has 0 bridgehead atoms. The van der Waals surface area contributed by atoms with Crippen LogP contribution in [0.15, 0.2) is 144 Å². The topological polar surface area (TPSA) is 34.2 Å². The third-order valence-electron chi connectivity index (χ3n) is 16.2. The molecule has 2 aliphatic heterocycles. The van der Waals surface area contributed by atoms with Crippen molar-refractivity contribution in [3.05, 3.63) is 156 Å². The second-order valence-corrected chi connectivity index (χ2v) is 24.4. The monoisotopic (exact) mass is 913 g/mol. The Hall–Kier alpha value is -6.67. The maximum atomic E-state index is 6.74. The second-order valence-electron chi connectivity index (χ2n) is 22.2. The Labute approximate surface area is 403 Å². The van der Waals surface area contributed by atoms with E-state index in [0.29, 0.717) is 5.89 Å². The number of anilines is 2. The molecular weight excluding hydrogens is 866 g/mol. The number of nitrogens with zero attached hydrogens (tertiary/aromatic N) is 3. The highest BCUT2D eigenvalue weighted by molar-refractivity contribution is 7.26. The maximum absolute atomic E-state index is 6.74. The summed E-state index contributed by atoms with van der Waals surface area (Å²) in [5.41, 5.74) is 18.4. The van der Waals surface area contributed by atoms with Crippen molar-refractivity contribution < 1.29 is 4.42 Å².